The summed E-state index contributed by atoms with van der Waals surface area (Å²) >= 11 is 6.43. The summed E-state index contributed by atoms with van der Waals surface area (Å²) < 4.78 is 29.3. The predicted octanol–water partition coefficient (Wildman–Crippen LogP) is 7.17. The second-order valence-electron chi connectivity index (χ2n) is 7.87. The topological polar surface area (TPSA) is 114 Å². The summed E-state index contributed by atoms with van der Waals surface area (Å²) in [6.45, 7) is 0. The van der Waals surface area contributed by atoms with Gasteiger partial charge in [0.1, 0.15) is 4.90 Å². The molecule has 5 aromatic carbocycles. The van der Waals surface area contributed by atoms with E-state index in [2.05, 4.69) is 15.2 Å². The molecule has 0 bridgehead atoms. The van der Waals surface area contributed by atoms with Crippen molar-refractivity contribution in [3.8, 4) is 0 Å². The first-order valence-corrected chi connectivity index (χ1v) is 12.5. The maximum Gasteiger partial charge on any atom is 0.265 e. The summed E-state index contributed by atoms with van der Waals surface area (Å²) in [6, 6.07) is 27.3. The van der Waals surface area contributed by atoms with Crippen molar-refractivity contribution < 1.29 is 8.42 Å². The molecule has 0 atom stereocenters. The second-order valence-corrected chi connectivity index (χ2v) is 9.90. The van der Waals surface area contributed by atoms with Gasteiger partial charge in [0, 0.05) is 16.5 Å². The van der Waals surface area contributed by atoms with Crippen molar-refractivity contribution in [2.45, 2.75) is 4.90 Å². The molecule has 0 saturated heterocycles. The van der Waals surface area contributed by atoms with Gasteiger partial charge in [-0.05, 0) is 34.1 Å². The Morgan fingerprint density at radius 2 is 1.29 bits per heavy atom. The average Bonchev–Trinajstić information content (AvgIpc) is 2.86. The summed E-state index contributed by atoms with van der Waals surface area (Å²) in [6.07, 6.45) is 0. The third-order valence-corrected chi connectivity index (χ3v) is 7.55. The molecule has 5 rings (SSSR count). The minimum absolute atomic E-state index is 0.129. The van der Waals surface area contributed by atoms with E-state index < -0.39 is 20.6 Å². The molecule has 9 heteroatoms. The Morgan fingerprint density at radius 1 is 0.743 bits per heavy atom. The Labute approximate surface area is 206 Å². The average molecular weight is 503 g/mol. The number of halogens is 1. The molecule has 174 valence electrons. The van der Waals surface area contributed by atoms with Crippen LogP contribution in [0.25, 0.3) is 21.5 Å². The van der Waals surface area contributed by atoms with Crippen molar-refractivity contribution in [3.63, 3.8) is 0 Å². The first kappa shape index (κ1) is 22.6. The highest BCUT2D eigenvalue weighted by atomic mass is 35.5. The van der Waals surface area contributed by atoms with Gasteiger partial charge in [0.15, 0.2) is 5.69 Å². The number of hydrogen-bond acceptors (Lipinski definition) is 6. The van der Waals surface area contributed by atoms with E-state index in [4.69, 9.17) is 17.3 Å². The first-order valence-electron chi connectivity index (χ1n) is 10.6. The SMILES string of the molecule is Nc1c(Nc2cccc3ccccc23)cc(Cl)c(S(=O)(=O)Nc2cccc3ccccc23)c1N=O. The van der Waals surface area contributed by atoms with Crippen LogP contribution in [0.5, 0.6) is 0 Å². The van der Waals surface area contributed by atoms with Gasteiger partial charge in [0.05, 0.1) is 22.1 Å². The van der Waals surface area contributed by atoms with Crippen LogP contribution in [0.3, 0.4) is 0 Å². The molecule has 0 spiro atoms. The lowest BCUT2D eigenvalue weighted by molar-refractivity contribution is 0.601. The van der Waals surface area contributed by atoms with E-state index in [1.54, 1.807) is 24.3 Å². The standard InChI is InChI=1S/C26H19ClN4O3S/c27-20-15-23(29-21-13-5-9-16-7-1-3-11-18(16)21)24(28)25(30-32)26(20)35(33,34)31-22-14-6-10-17-8-2-4-12-19(17)22/h1-15,29,31H,28H2. The van der Waals surface area contributed by atoms with Crippen molar-refractivity contribution >= 4 is 71.6 Å². The summed E-state index contributed by atoms with van der Waals surface area (Å²) in [5.74, 6) is 0. The van der Waals surface area contributed by atoms with Gasteiger partial charge in [-0.1, -0.05) is 84.4 Å². The van der Waals surface area contributed by atoms with Crippen LogP contribution in [0.2, 0.25) is 5.02 Å². The Kier molecular flexibility index (Phi) is 5.76. The monoisotopic (exact) mass is 502 g/mol. The maximum absolute atomic E-state index is 13.4. The molecule has 4 N–H and O–H groups in total. The number of nitrogens with two attached hydrogens (primary N) is 1. The fourth-order valence-electron chi connectivity index (χ4n) is 4.07. The van der Waals surface area contributed by atoms with E-state index in [1.807, 2.05) is 60.7 Å². The van der Waals surface area contributed by atoms with Gasteiger partial charge in [0.2, 0.25) is 0 Å². The molecular weight excluding hydrogens is 484 g/mol. The van der Waals surface area contributed by atoms with Crippen molar-refractivity contribution in [1.29, 1.82) is 0 Å². The predicted molar refractivity (Wildman–Crippen MR) is 143 cm³/mol. The molecule has 0 aliphatic heterocycles. The Balaban J connectivity index is 1.59. The molecule has 0 unspecified atom stereocenters. The largest absolute Gasteiger partial charge is 0.395 e. The number of rotatable bonds is 6. The molecule has 0 aliphatic carbocycles. The minimum atomic E-state index is -4.31. The van der Waals surface area contributed by atoms with Crippen LogP contribution >= 0.6 is 11.6 Å². The normalized spacial score (nSPS) is 11.5. The van der Waals surface area contributed by atoms with E-state index in [-0.39, 0.29) is 16.4 Å². The molecular formula is C26H19ClN4O3S. The zero-order chi connectivity index (χ0) is 24.6. The molecule has 35 heavy (non-hydrogen) atoms. The van der Waals surface area contributed by atoms with E-state index in [9.17, 15) is 13.3 Å². The number of fused-ring (bicyclic) bond motifs is 2. The third-order valence-electron chi connectivity index (χ3n) is 5.70. The van der Waals surface area contributed by atoms with Gasteiger partial charge in [0.25, 0.3) is 10.0 Å². The molecule has 0 heterocycles. The highest BCUT2D eigenvalue weighted by Crippen LogP contribution is 2.44. The summed E-state index contributed by atoms with van der Waals surface area (Å²) in [5, 5.41) is 9.37. The lowest BCUT2D eigenvalue weighted by Gasteiger charge is -2.17. The van der Waals surface area contributed by atoms with Gasteiger partial charge in [-0.3, -0.25) is 4.72 Å². The number of nitrogen functional groups attached to an aromatic ring is 1. The molecule has 0 aromatic heterocycles. The fourth-order valence-corrected chi connectivity index (χ4v) is 5.86. The molecule has 0 fully saturated rings. The minimum Gasteiger partial charge on any atom is -0.395 e. The molecule has 0 aliphatic rings. The van der Waals surface area contributed by atoms with Crippen molar-refractivity contribution in [3.05, 3.63) is 101 Å². The smallest absolute Gasteiger partial charge is 0.265 e. The van der Waals surface area contributed by atoms with E-state index in [1.165, 1.54) is 6.07 Å². The maximum atomic E-state index is 13.4. The van der Waals surface area contributed by atoms with Gasteiger partial charge in [-0.25, -0.2) is 8.42 Å². The van der Waals surface area contributed by atoms with Crippen molar-refractivity contribution in [2.24, 2.45) is 5.18 Å². The van der Waals surface area contributed by atoms with Gasteiger partial charge < -0.3 is 11.1 Å². The number of hydrogen-bond donors (Lipinski definition) is 3. The van der Waals surface area contributed by atoms with E-state index >= 15 is 0 Å². The lowest BCUT2D eigenvalue weighted by atomic mass is 10.1. The van der Waals surface area contributed by atoms with Crippen LogP contribution in [0.15, 0.2) is 101 Å². The number of nitrogens with one attached hydrogen (secondary N) is 2. The number of nitroso groups, excluding NO2 is 1. The molecule has 7 nitrogen and oxygen atoms in total. The first-order chi connectivity index (χ1) is 16.9. The Hall–Kier alpha value is -4.14. The second kappa shape index (κ2) is 8.90. The van der Waals surface area contributed by atoms with Crippen LogP contribution < -0.4 is 15.8 Å². The molecule has 0 radical (unpaired) electrons. The zero-order valence-corrected chi connectivity index (χ0v) is 19.8. The zero-order valence-electron chi connectivity index (χ0n) is 18.2. The number of anilines is 4. The number of sulfonamides is 1. The lowest BCUT2D eigenvalue weighted by Crippen LogP contribution is -2.15. The summed E-state index contributed by atoms with van der Waals surface area (Å²) in [7, 11) is -4.31. The molecule has 0 amide bonds. The van der Waals surface area contributed by atoms with Crippen LogP contribution in [0.4, 0.5) is 28.4 Å². The number of nitrogens with zero attached hydrogens (tertiary/aromatic N) is 1. The Bertz CT molecular complexity index is 1710. The molecule has 0 saturated carbocycles. The van der Waals surface area contributed by atoms with Crippen molar-refractivity contribution in [1.82, 2.24) is 0 Å². The summed E-state index contributed by atoms with van der Waals surface area (Å²) in [4.78, 5) is 11.3. The Morgan fingerprint density at radius 3 is 1.91 bits per heavy atom. The van der Waals surface area contributed by atoms with Crippen LogP contribution in [-0.2, 0) is 10.0 Å². The van der Waals surface area contributed by atoms with Crippen LogP contribution in [-0.4, -0.2) is 8.42 Å². The number of benzene rings is 5. The van der Waals surface area contributed by atoms with E-state index in [0.717, 1.165) is 16.2 Å². The van der Waals surface area contributed by atoms with Crippen LogP contribution in [0, 0.1) is 4.91 Å². The van der Waals surface area contributed by atoms with Crippen molar-refractivity contribution in [2.75, 3.05) is 15.8 Å². The summed E-state index contributed by atoms with van der Waals surface area (Å²) in [5.41, 5.74) is 6.96. The fraction of sp³-hybridized carbons (Fsp3) is 0. The third kappa shape index (κ3) is 4.14. The van der Waals surface area contributed by atoms with Gasteiger partial charge in [-0.2, -0.15) is 0 Å². The molecule has 5 aromatic rings. The van der Waals surface area contributed by atoms with Gasteiger partial charge in [-0.15, -0.1) is 4.91 Å². The van der Waals surface area contributed by atoms with Gasteiger partial charge >= 0.3 is 0 Å². The van der Waals surface area contributed by atoms with E-state index in [0.29, 0.717) is 16.8 Å². The highest BCUT2D eigenvalue weighted by molar-refractivity contribution is 7.93. The van der Waals surface area contributed by atoms with Crippen LogP contribution in [0.1, 0.15) is 0 Å². The highest BCUT2D eigenvalue weighted by Gasteiger charge is 2.28. The quantitative estimate of drug-likeness (QED) is 0.168.